The van der Waals surface area contributed by atoms with Gasteiger partial charge in [-0.1, -0.05) is 13.3 Å². The van der Waals surface area contributed by atoms with Gasteiger partial charge in [-0.05, 0) is 19.3 Å². The molecule has 5 heteroatoms. The minimum Gasteiger partial charge on any atom is -0.377 e. The SMILES string of the molecule is CCCC[N+]1(CCCC[Si](OC)(OC)OC)CCCC1. The third-order valence-electron chi connectivity index (χ3n) is 4.80. The van der Waals surface area contributed by atoms with Crippen LogP contribution < -0.4 is 0 Å². The van der Waals surface area contributed by atoms with Crippen LogP contribution in [0.1, 0.15) is 45.4 Å². The van der Waals surface area contributed by atoms with E-state index in [-0.39, 0.29) is 0 Å². The Bertz CT molecular complexity index is 245. The Morgan fingerprint density at radius 2 is 1.40 bits per heavy atom. The summed E-state index contributed by atoms with van der Waals surface area (Å²) in [4.78, 5) is 0. The number of likely N-dealkylation sites (tertiary alicyclic amines) is 1. The van der Waals surface area contributed by atoms with Gasteiger partial charge in [-0.3, -0.25) is 0 Å². The Morgan fingerprint density at radius 3 is 1.90 bits per heavy atom. The molecule has 120 valence electrons. The maximum absolute atomic E-state index is 5.49. The van der Waals surface area contributed by atoms with Crippen LogP contribution in [0.4, 0.5) is 0 Å². The lowest BCUT2D eigenvalue weighted by Crippen LogP contribution is -2.47. The first-order valence-corrected chi connectivity index (χ1v) is 10.1. The fraction of sp³-hybridized carbons (Fsp3) is 1.00. The van der Waals surface area contributed by atoms with Crippen LogP contribution in [0.2, 0.25) is 6.04 Å². The van der Waals surface area contributed by atoms with Crippen molar-refractivity contribution in [2.24, 2.45) is 0 Å². The van der Waals surface area contributed by atoms with Crippen molar-refractivity contribution in [2.45, 2.75) is 51.5 Å². The Morgan fingerprint density at radius 1 is 0.850 bits per heavy atom. The fourth-order valence-corrected chi connectivity index (χ4v) is 5.20. The molecule has 1 rings (SSSR count). The van der Waals surface area contributed by atoms with Gasteiger partial charge in [0.15, 0.2) is 0 Å². The molecule has 1 fully saturated rings. The quantitative estimate of drug-likeness (QED) is 0.333. The third-order valence-corrected chi connectivity index (χ3v) is 7.63. The van der Waals surface area contributed by atoms with Crippen molar-refractivity contribution in [1.82, 2.24) is 0 Å². The normalized spacial score (nSPS) is 18.6. The van der Waals surface area contributed by atoms with Gasteiger partial charge < -0.3 is 17.8 Å². The van der Waals surface area contributed by atoms with E-state index in [0.29, 0.717) is 0 Å². The van der Waals surface area contributed by atoms with Crippen molar-refractivity contribution < 1.29 is 17.8 Å². The Labute approximate surface area is 126 Å². The summed E-state index contributed by atoms with van der Waals surface area (Å²) in [6.45, 7) is 7.77. The van der Waals surface area contributed by atoms with E-state index in [1.54, 1.807) is 21.3 Å². The number of unbranched alkanes of at least 4 members (excludes halogenated alkanes) is 2. The second-order valence-electron chi connectivity index (χ2n) is 6.05. The van der Waals surface area contributed by atoms with Gasteiger partial charge in [0.2, 0.25) is 0 Å². The van der Waals surface area contributed by atoms with Crippen molar-refractivity contribution >= 4 is 8.80 Å². The maximum Gasteiger partial charge on any atom is 0.500 e. The van der Waals surface area contributed by atoms with Crippen LogP contribution in [0.25, 0.3) is 0 Å². The summed E-state index contributed by atoms with van der Waals surface area (Å²) < 4.78 is 17.8. The van der Waals surface area contributed by atoms with Gasteiger partial charge in [0, 0.05) is 40.2 Å². The summed E-state index contributed by atoms with van der Waals surface area (Å²) in [5, 5.41) is 0. The van der Waals surface area contributed by atoms with Gasteiger partial charge in [0.05, 0.1) is 26.2 Å². The molecule has 4 nitrogen and oxygen atoms in total. The summed E-state index contributed by atoms with van der Waals surface area (Å²) in [6, 6.07) is 0.935. The first-order valence-electron chi connectivity index (χ1n) is 8.16. The van der Waals surface area contributed by atoms with E-state index in [2.05, 4.69) is 6.92 Å². The number of hydrogen-bond acceptors (Lipinski definition) is 3. The molecule has 0 aliphatic carbocycles. The van der Waals surface area contributed by atoms with Gasteiger partial charge in [-0.2, -0.15) is 0 Å². The van der Waals surface area contributed by atoms with Gasteiger partial charge in [0.1, 0.15) is 0 Å². The molecule has 0 aromatic heterocycles. The largest absolute Gasteiger partial charge is 0.500 e. The standard InChI is InChI=1S/C15H34NO3Si/c1-5-6-11-16(12-7-8-13-16)14-9-10-15-20(17-2,18-3)19-4/h5-15H2,1-4H3/q+1. The van der Waals surface area contributed by atoms with Crippen LogP contribution in [0.15, 0.2) is 0 Å². The molecule has 0 radical (unpaired) electrons. The van der Waals surface area contributed by atoms with E-state index >= 15 is 0 Å². The summed E-state index contributed by atoms with van der Waals surface area (Å²) >= 11 is 0. The Kier molecular flexibility index (Phi) is 8.29. The molecule has 0 unspecified atom stereocenters. The predicted octanol–water partition coefficient (Wildman–Crippen LogP) is 3.06. The van der Waals surface area contributed by atoms with Crippen molar-refractivity contribution in [2.75, 3.05) is 47.5 Å². The molecule has 0 aromatic rings. The zero-order chi connectivity index (χ0) is 14.9. The average molecular weight is 305 g/mol. The molecule has 0 spiro atoms. The zero-order valence-corrected chi connectivity index (χ0v) is 15.0. The minimum absolute atomic E-state index is 0.935. The lowest BCUT2D eigenvalue weighted by atomic mass is 10.2. The van der Waals surface area contributed by atoms with E-state index < -0.39 is 8.80 Å². The first kappa shape index (κ1) is 18.1. The summed E-state index contributed by atoms with van der Waals surface area (Å²) in [5.41, 5.74) is 0. The predicted molar refractivity (Wildman–Crippen MR) is 84.7 cm³/mol. The van der Waals surface area contributed by atoms with Crippen molar-refractivity contribution in [3.63, 3.8) is 0 Å². The highest BCUT2D eigenvalue weighted by Crippen LogP contribution is 2.23. The van der Waals surface area contributed by atoms with Crippen LogP contribution in [0.3, 0.4) is 0 Å². The molecule has 1 aliphatic rings. The minimum atomic E-state index is -2.35. The molecule has 0 atom stereocenters. The summed E-state index contributed by atoms with van der Waals surface area (Å²) in [7, 11) is 2.76. The second-order valence-corrected chi connectivity index (χ2v) is 9.14. The number of nitrogens with zero attached hydrogens (tertiary/aromatic N) is 1. The summed E-state index contributed by atoms with van der Waals surface area (Å²) in [5.74, 6) is 0. The molecule has 20 heavy (non-hydrogen) atoms. The van der Waals surface area contributed by atoms with Crippen LogP contribution in [-0.4, -0.2) is 60.8 Å². The van der Waals surface area contributed by atoms with E-state index in [0.717, 1.165) is 12.5 Å². The van der Waals surface area contributed by atoms with E-state index in [9.17, 15) is 0 Å². The molecule has 1 saturated heterocycles. The topological polar surface area (TPSA) is 27.7 Å². The molecule has 1 aliphatic heterocycles. The fourth-order valence-electron chi connectivity index (χ4n) is 3.40. The number of hydrogen-bond donors (Lipinski definition) is 0. The maximum atomic E-state index is 5.49. The lowest BCUT2D eigenvalue weighted by Gasteiger charge is -2.34. The van der Waals surface area contributed by atoms with Gasteiger partial charge >= 0.3 is 8.80 Å². The van der Waals surface area contributed by atoms with Crippen molar-refractivity contribution in [1.29, 1.82) is 0 Å². The van der Waals surface area contributed by atoms with E-state index in [1.165, 1.54) is 62.8 Å². The number of quaternary nitrogens is 1. The Balaban J connectivity index is 2.34. The molecule has 0 saturated carbocycles. The molecule has 0 bridgehead atoms. The molecule has 1 heterocycles. The highest BCUT2D eigenvalue weighted by molar-refractivity contribution is 6.60. The van der Waals surface area contributed by atoms with Crippen molar-refractivity contribution in [3.05, 3.63) is 0 Å². The molecule has 0 amide bonds. The number of rotatable bonds is 11. The molecular formula is C15H34NO3Si+. The average Bonchev–Trinajstić information content (AvgIpc) is 2.95. The van der Waals surface area contributed by atoms with E-state index in [1.807, 2.05) is 0 Å². The summed E-state index contributed by atoms with van der Waals surface area (Å²) in [6.07, 6.45) is 7.91. The first-order chi connectivity index (χ1) is 9.66. The van der Waals surface area contributed by atoms with Gasteiger partial charge in [-0.25, -0.2) is 0 Å². The second kappa shape index (κ2) is 9.15. The zero-order valence-electron chi connectivity index (χ0n) is 14.0. The Hall–Kier alpha value is 0.0569. The van der Waals surface area contributed by atoms with Crippen LogP contribution in [-0.2, 0) is 13.3 Å². The highest BCUT2D eigenvalue weighted by Gasteiger charge is 2.37. The van der Waals surface area contributed by atoms with Gasteiger partial charge in [0.25, 0.3) is 0 Å². The van der Waals surface area contributed by atoms with Crippen LogP contribution in [0.5, 0.6) is 0 Å². The monoisotopic (exact) mass is 304 g/mol. The third kappa shape index (κ3) is 5.11. The molecule has 0 aromatic carbocycles. The molecule has 0 N–H and O–H groups in total. The molecular weight excluding hydrogens is 270 g/mol. The van der Waals surface area contributed by atoms with Crippen LogP contribution in [0, 0.1) is 0 Å². The van der Waals surface area contributed by atoms with Crippen molar-refractivity contribution in [3.8, 4) is 0 Å². The highest BCUT2D eigenvalue weighted by atomic mass is 28.4. The lowest BCUT2D eigenvalue weighted by molar-refractivity contribution is -0.917. The van der Waals surface area contributed by atoms with Gasteiger partial charge in [-0.15, -0.1) is 0 Å². The van der Waals surface area contributed by atoms with Crippen LogP contribution >= 0.6 is 0 Å². The smallest absolute Gasteiger partial charge is 0.377 e. The van der Waals surface area contributed by atoms with E-state index in [4.69, 9.17) is 13.3 Å².